The molecule has 1 atom stereocenters. The molecule has 0 saturated carbocycles. The predicted octanol–water partition coefficient (Wildman–Crippen LogP) is 0.366. The molecule has 24 heavy (non-hydrogen) atoms. The number of thiophene rings is 1. The summed E-state index contributed by atoms with van der Waals surface area (Å²) < 4.78 is 31.5. The Morgan fingerprint density at radius 2 is 2.25 bits per heavy atom. The van der Waals surface area contributed by atoms with Crippen LogP contribution >= 0.6 is 11.3 Å². The molecular weight excluding hydrogens is 356 g/mol. The lowest BCUT2D eigenvalue weighted by molar-refractivity contribution is -0.158. The van der Waals surface area contributed by atoms with E-state index in [1.807, 2.05) is 0 Å². The van der Waals surface area contributed by atoms with Gasteiger partial charge in [0.15, 0.2) is 0 Å². The Balaban J connectivity index is 2.01. The molecule has 0 radical (unpaired) electrons. The lowest BCUT2D eigenvalue weighted by Crippen LogP contribution is -2.53. The summed E-state index contributed by atoms with van der Waals surface area (Å²) in [6, 6.07) is 3.06. The number of ether oxygens (including phenoxy) is 1. The molecule has 2 heterocycles. The van der Waals surface area contributed by atoms with Crippen molar-refractivity contribution in [2.24, 2.45) is 5.41 Å². The van der Waals surface area contributed by atoms with Crippen LogP contribution in [0.4, 0.5) is 0 Å². The van der Waals surface area contributed by atoms with Gasteiger partial charge in [-0.05, 0) is 24.3 Å². The molecule has 0 bridgehead atoms. The van der Waals surface area contributed by atoms with Gasteiger partial charge in [0.05, 0.1) is 13.2 Å². The molecule has 1 unspecified atom stereocenters. The van der Waals surface area contributed by atoms with Crippen molar-refractivity contribution in [2.45, 2.75) is 17.1 Å². The van der Waals surface area contributed by atoms with E-state index in [9.17, 15) is 23.1 Å². The fraction of sp³-hybridized carbons (Fsp3) is 0.571. The average molecular weight is 376 g/mol. The maximum Gasteiger partial charge on any atom is 0.313 e. The highest BCUT2D eigenvalue weighted by Gasteiger charge is 2.43. The van der Waals surface area contributed by atoms with Crippen molar-refractivity contribution >= 4 is 33.2 Å². The second-order valence-corrected chi connectivity index (χ2v) is 8.64. The molecule has 8 nitrogen and oxygen atoms in total. The smallest absolute Gasteiger partial charge is 0.313 e. The fourth-order valence-electron chi connectivity index (χ4n) is 2.73. The molecule has 134 valence electrons. The summed E-state index contributed by atoms with van der Waals surface area (Å²) in [5.74, 6) is -1.46. The van der Waals surface area contributed by atoms with E-state index in [2.05, 4.69) is 4.72 Å². The van der Waals surface area contributed by atoms with Crippen LogP contribution in [-0.2, 0) is 24.3 Å². The third-order valence-electron chi connectivity index (χ3n) is 3.98. The van der Waals surface area contributed by atoms with Crippen LogP contribution in [-0.4, -0.2) is 63.7 Å². The molecular formula is C14H20N2O6S2. The Kier molecular flexibility index (Phi) is 5.97. The molecule has 1 fully saturated rings. The predicted molar refractivity (Wildman–Crippen MR) is 87.3 cm³/mol. The molecule has 0 spiro atoms. The summed E-state index contributed by atoms with van der Waals surface area (Å²) in [6.45, 7) is 0.0179. The fourth-order valence-corrected chi connectivity index (χ4v) is 4.74. The number of carboxylic acids is 1. The number of rotatable bonds is 7. The summed E-state index contributed by atoms with van der Waals surface area (Å²) in [7, 11) is -2.31. The average Bonchev–Trinajstić information content (AvgIpc) is 3.08. The molecule has 1 amide bonds. The Morgan fingerprint density at radius 3 is 2.83 bits per heavy atom. The number of hydrogen-bond acceptors (Lipinski definition) is 6. The number of aliphatic carboxylic acids is 1. The van der Waals surface area contributed by atoms with Crippen molar-refractivity contribution in [1.82, 2.24) is 9.62 Å². The number of hydrogen-bond donors (Lipinski definition) is 2. The Hall–Kier alpha value is -1.49. The van der Waals surface area contributed by atoms with Crippen LogP contribution in [0.3, 0.4) is 0 Å². The van der Waals surface area contributed by atoms with Crippen LogP contribution in [0.2, 0.25) is 0 Å². The minimum Gasteiger partial charge on any atom is -0.481 e. The summed E-state index contributed by atoms with van der Waals surface area (Å²) in [5, 5.41) is 11.1. The van der Waals surface area contributed by atoms with Crippen molar-refractivity contribution in [3.8, 4) is 0 Å². The highest BCUT2D eigenvalue weighted by molar-refractivity contribution is 7.91. The lowest BCUT2D eigenvalue weighted by atomic mass is 9.80. The summed E-state index contributed by atoms with van der Waals surface area (Å²) in [6.07, 6.45) is 0.944. The topological polar surface area (TPSA) is 113 Å². The number of sulfonamides is 1. The van der Waals surface area contributed by atoms with E-state index in [1.54, 1.807) is 11.4 Å². The van der Waals surface area contributed by atoms with Crippen LogP contribution < -0.4 is 4.72 Å². The summed E-state index contributed by atoms with van der Waals surface area (Å²) >= 11 is 1.06. The SMILES string of the molecule is COCC1(C(=O)O)CCCN(C(=O)CNS(=O)(=O)c2cccs2)C1. The van der Waals surface area contributed by atoms with E-state index in [0.29, 0.717) is 19.4 Å². The van der Waals surface area contributed by atoms with E-state index in [-0.39, 0.29) is 17.4 Å². The maximum atomic E-state index is 12.3. The number of piperidine rings is 1. The van der Waals surface area contributed by atoms with Crippen molar-refractivity contribution in [1.29, 1.82) is 0 Å². The third-order valence-corrected chi connectivity index (χ3v) is 6.78. The number of nitrogens with one attached hydrogen (secondary N) is 1. The number of carbonyl (C=O) groups excluding carboxylic acids is 1. The number of likely N-dealkylation sites (tertiary alicyclic amines) is 1. The van der Waals surface area contributed by atoms with Gasteiger partial charge >= 0.3 is 5.97 Å². The largest absolute Gasteiger partial charge is 0.481 e. The third kappa shape index (κ3) is 4.12. The normalized spacial score (nSPS) is 21.6. The zero-order valence-electron chi connectivity index (χ0n) is 13.2. The summed E-state index contributed by atoms with van der Waals surface area (Å²) in [5.41, 5.74) is -1.14. The quantitative estimate of drug-likeness (QED) is 0.711. The van der Waals surface area contributed by atoms with Gasteiger partial charge in [0, 0.05) is 20.2 Å². The van der Waals surface area contributed by atoms with E-state index < -0.39 is 33.9 Å². The number of amides is 1. The first-order valence-corrected chi connectivity index (χ1v) is 9.70. The van der Waals surface area contributed by atoms with Gasteiger partial charge < -0.3 is 14.7 Å². The molecule has 2 N–H and O–H groups in total. The van der Waals surface area contributed by atoms with Crippen LogP contribution in [0.15, 0.2) is 21.7 Å². The minimum atomic E-state index is -3.73. The molecule has 1 saturated heterocycles. The lowest BCUT2D eigenvalue weighted by Gasteiger charge is -2.39. The molecule has 1 aliphatic rings. The highest BCUT2D eigenvalue weighted by atomic mass is 32.2. The van der Waals surface area contributed by atoms with Crippen molar-refractivity contribution in [2.75, 3.05) is 33.4 Å². The van der Waals surface area contributed by atoms with Gasteiger partial charge in [-0.1, -0.05) is 6.07 Å². The highest BCUT2D eigenvalue weighted by Crippen LogP contribution is 2.30. The van der Waals surface area contributed by atoms with Crippen molar-refractivity contribution in [3.63, 3.8) is 0 Å². The van der Waals surface area contributed by atoms with Gasteiger partial charge in [-0.25, -0.2) is 13.1 Å². The Labute approximate surface area is 144 Å². The second kappa shape index (κ2) is 7.60. The Bertz CT molecular complexity index is 684. The van der Waals surface area contributed by atoms with Crippen LogP contribution in [0.5, 0.6) is 0 Å². The maximum absolute atomic E-state index is 12.3. The molecule has 0 aromatic carbocycles. The van der Waals surface area contributed by atoms with E-state index >= 15 is 0 Å². The minimum absolute atomic E-state index is 0.00698. The first kappa shape index (κ1) is 18.8. The van der Waals surface area contributed by atoms with Gasteiger partial charge in [-0.15, -0.1) is 11.3 Å². The second-order valence-electron chi connectivity index (χ2n) is 5.69. The van der Waals surface area contributed by atoms with Gasteiger partial charge in [-0.3, -0.25) is 9.59 Å². The number of methoxy groups -OCH3 is 1. The zero-order chi connectivity index (χ0) is 17.8. The van der Waals surface area contributed by atoms with Gasteiger partial charge in [-0.2, -0.15) is 0 Å². The van der Waals surface area contributed by atoms with E-state index in [4.69, 9.17) is 4.74 Å². The molecule has 2 rings (SSSR count). The number of nitrogens with zero attached hydrogens (tertiary/aromatic N) is 1. The molecule has 1 aromatic rings. The monoisotopic (exact) mass is 376 g/mol. The van der Waals surface area contributed by atoms with Gasteiger partial charge in [0.2, 0.25) is 5.91 Å². The Morgan fingerprint density at radius 1 is 1.50 bits per heavy atom. The number of carbonyl (C=O) groups is 2. The molecule has 0 aliphatic carbocycles. The van der Waals surface area contributed by atoms with E-state index in [1.165, 1.54) is 18.1 Å². The number of carboxylic acid groups (broad SMARTS) is 1. The van der Waals surface area contributed by atoms with Crippen LogP contribution in [0, 0.1) is 5.41 Å². The van der Waals surface area contributed by atoms with Crippen LogP contribution in [0.25, 0.3) is 0 Å². The molecule has 10 heteroatoms. The van der Waals surface area contributed by atoms with Gasteiger partial charge in [0.1, 0.15) is 9.62 Å². The van der Waals surface area contributed by atoms with Crippen molar-refractivity contribution < 1.29 is 27.9 Å². The van der Waals surface area contributed by atoms with E-state index in [0.717, 1.165) is 11.3 Å². The van der Waals surface area contributed by atoms with Crippen LogP contribution in [0.1, 0.15) is 12.8 Å². The standard InChI is InChI=1S/C14H20N2O6S2/c1-22-10-14(13(18)19)5-3-6-16(9-14)11(17)8-15-24(20,21)12-4-2-7-23-12/h2,4,7,15H,3,5-6,8-10H2,1H3,(H,18,19). The zero-order valence-corrected chi connectivity index (χ0v) is 14.9. The first-order valence-electron chi connectivity index (χ1n) is 7.34. The molecule has 1 aromatic heterocycles. The summed E-state index contributed by atoms with van der Waals surface area (Å²) in [4.78, 5) is 25.3. The van der Waals surface area contributed by atoms with Crippen molar-refractivity contribution in [3.05, 3.63) is 17.5 Å². The van der Waals surface area contributed by atoms with Gasteiger partial charge in [0.25, 0.3) is 10.0 Å². The molecule has 1 aliphatic heterocycles. The first-order chi connectivity index (χ1) is 11.3.